The van der Waals surface area contributed by atoms with E-state index in [4.69, 9.17) is 9.41 Å². The number of nitrogens with one attached hydrogen (secondary N) is 3. The lowest BCUT2D eigenvalue weighted by Crippen LogP contribution is -2.39. The predicted octanol–water partition coefficient (Wildman–Crippen LogP) is 3.26. The van der Waals surface area contributed by atoms with Gasteiger partial charge in [-0.15, -0.1) is 0 Å². The largest absolute Gasteiger partial charge is 0.468 e. The Bertz CT molecular complexity index is 697. The van der Waals surface area contributed by atoms with Gasteiger partial charge in [-0.3, -0.25) is 9.89 Å². The van der Waals surface area contributed by atoms with Crippen LogP contribution < -0.4 is 16.0 Å². The molecule has 3 rings (SSSR count). The maximum absolute atomic E-state index is 5.70. The van der Waals surface area contributed by atoms with E-state index in [1.54, 1.807) is 12.5 Å². The summed E-state index contributed by atoms with van der Waals surface area (Å²) in [4.78, 5) is 11.6. The normalized spacial score (nSPS) is 16.0. The van der Waals surface area contributed by atoms with Gasteiger partial charge in [0.15, 0.2) is 5.96 Å². The second-order valence-corrected chi connectivity index (χ2v) is 7.27. The van der Waals surface area contributed by atoms with Gasteiger partial charge in [-0.25, -0.2) is 4.98 Å². The fourth-order valence-electron chi connectivity index (χ4n) is 3.58. The van der Waals surface area contributed by atoms with Crippen molar-refractivity contribution in [3.05, 3.63) is 48.6 Å². The molecule has 0 amide bonds. The predicted molar refractivity (Wildman–Crippen MR) is 118 cm³/mol. The number of hydrogen-bond donors (Lipinski definition) is 3. The number of hydrogen-bond acceptors (Lipinski definition) is 5. The number of pyridine rings is 1. The van der Waals surface area contributed by atoms with Gasteiger partial charge < -0.3 is 20.4 Å². The molecule has 7 heteroatoms. The van der Waals surface area contributed by atoms with Crippen molar-refractivity contribution >= 4 is 11.8 Å². The van der Waals surface area contributed by atoms with E-state index >= 15 is 0 Å². The number of anilines is 1. The molecule has 0 aromatic carbocycles. The Kier molecular flexibility index (Phi) is 8.85. The molecule has 1 atom stereocenters. The van der Waals surface area contributed by atoms with E-state index in [-0.39, 0.29) is 6.04 Å². The van der Waals surface area contributed by atoms with E-state index in [1.165, 1.54) is 12.8 Å². The Morgan fingerprint density at radius 2 is 2.00 bits per heavy atom. The Balaban J connectivity index is 1.43. The van der Waals surface area contributed by atoms with Crippen molar-refractivity contribution in [1.29, 1.82) is 0 Å². The monoisotopic (exact) mass is 398 g/mol. The van der Waals surface area contributed by atoms with Crippen LogP contribution in [0.5, 0.6) is 0 Å². The standard InChI is InChI=1S/C22H34N6O/c1-2-23-22(26-14-6-5-13-25-21-11-3-4-12-24-21)27-18-19(20-10-9-17-29-20)28-15-7-8-16-28/h3-4,9-12,17,19H,2,5-8,13-16,18H2,1H3,(H,24,25)(H2,23,26,27). The van der Waals surface area contributed by atoms with E-state index in [9.17, 15) is 0 Å². The number of likely N-dealkylation sites (tertiary alicyclic amines) is 1. The van der Waals surface area contributed by atoms with Crippen molar-refractivity contribution in [3.8, 4) is 0 Å². The third kappa shape index (κ3) is 7.09. The average molecular weight is 399 g/mol. The molecule has 7 nitrogen and oxygen atoms in total. The van der Waals surface area contributed by atoms with Gasteiger partial charge in [-0.1, -0.05) is 6.07 Å². The summed E-state index contributed by atoms with van der Waals surface area (Å²) < 4.78 is 5.70. The number of aromatic nitrogens is 1. The molecule has 0 saturated carbocycles. The number of rotatable bonds is 11. The summed E-state index contributed by atoms with van der Waals surface area (Å²) >= 11 is 0. The lowest BCUT2D eigenvalue weighted by atomic mass is 10.2. The molecule has 1 aliphatic rings. The van der Waals surface area contributed by atoms with Crippen LogP contribution in [0.15, 0.2) is 52.2 Å². The Labute approximate surface area is 174 Å². The van der Waals surface area contributed by atoms with Gasteiger partial charge in [0.05, 0.1) is 18.8 Å². The molecule has 1 fully saturated rings. The van der Waals surface area contributed by atoms with E-state index in [1.807, 2.05) is 24.3 Å². The molecule has 2 aromatic heterocycles. The van der Waals surface area contributed by atoms with Crippen LogP contribution in [-0.2, 0) is 0 Å². The molecule has 3 N–H and O–H groups in total. The summed E-state index contributed by atoms with van der Waals surface area (Å²) in [7, 11) is 0. The molecule has 3 heterocycles. The molecule has 1 saturated heterocycles. The highest BCUT2D eigenvalue weighted by molar-refractivity contribution is 5.79. The Morgan fingerprint density at radius 3 is 2.72 bits per heavy atom. The van der Waals surface area contributed by atoms with E-state index < -0.39 is 0 Å². The number of aliphatic imine (C=N–C) groups is 1. The smallest absolute Gasteiger partial charge is 0.191 e. The molecular weight excluding hydrogens is 364 g/mol. The first-order valence-electron chi connectivity index (χ1n) is 10.8. The van der Waals surface area contributed by atoms with Crippen LogP contribution in [0.25, 0.3) is 0 Å². The highest BCUT2D eigenvalue weighted by atomic mass is 16.3. The van der Waals surface area contributed by atoms with Crippen LogP contribution in [0.3, 0.4) is 0 Å². The molecule has 158 valence electrons. The number of guanidine groups is 1. The van der Waals surface area contributed by atoms with Gasteiger partial charge in [0.25, 0.3) is 0 Å². The zero-order chi connectivity index (χ0) is 20.2. The van der Waals surface area contributed by atoms with Gasteiger partial charge in [-0.2, -0.15) is 0 Å². The van der Waals surface area contributed by atoms with E-state index in [0.717, 1.165) is 63.1 Å². The second-order valence-electron chi connectivity index (χ2n) is 7.27. The maximum Gasteiger partial charge on any atom is 0.191 e. The lowest BCUT2D eigenvalue weighted by molar-refractivity contribution is 0.221. The van der Waals surface area contributed by atoms with Gasteiger partial charge >= 0.3 is 0 Å². The molecule has 0 bridgehead atoms. The first kappa shape index (κ1) is 21.2. The molecule has 1 aliphatic heterocycles. The quantitative estimate of drug-likeness (QED) is 0.306. The molecule has 1 unspecified atom stereocenters. The zero-order valence-corrected chi connectivity index (χ0v) is 17.4. The van der Waals surface area contributed by atoms with Crippen molar-refractivity contribution in [3.63, 3.8) is 0 Å². The van der Waals surface area contributed by atoms with Crippen LogP contribution in [0.2, 0.25) is 0 Å². The van der Waals surface area contributed by atoms with Gasteiger partial charge in [0.1, 0.15) is 11.6 Å². The van der Waals surface area contributed by atoms with Crippen molar-refractivity contribution in [2.75, 3.05) is 44.6 Å². The van der Waals surface area contributed by atoms with Crippen molar-refractivity contribution in [1.82, 2.24) is 20.5 Å². The summed E-state index contributed by atoms with van der Waals surface area (Å²) in [5, 5.41) is 10.2. The minimum absolute atomic E-state index is 0.213. The van der Waals surface area contributed by atoms with E-state index in [2.05, 4.69) is 38.8 Å². The van der Waals surface area contributed by atoms with Gasteiger partial charge in [0, 0.05) is 25.8 Å². The van der Waals surface area contributed by atoms with Crippen LogP contribution in [0.4, 0.5) is 5.82 Å². The highest BCUT2D eigenvalue weighted by Crippen LogP contribution is 2.25. The summed E-state index contributed by atoms with van der Waals surface area (Å²) in [6, 6.07) is 10.2. The minimum Gasteiger partial charge on any atom is -0.468 e. The topological polar surface area (TPSA) is 77.7 Å². The first-order chi connectivity index (χ1) is 14.4. The van der Waals surface area contributed by atoms with Crippen LogP contribution in [0, 0.1) is 0 Å². The summed E-state index contributed by atoms with van der Waals surface area (Å²) in [5.74, 6) is 2.81. The molecule has 0 spiro atoms. The third-order valence-electron chi connectivity index (χ3n) is 5.09. The minimum atomic E-state index is 0.213. The highest BCUT2D eigenvalue weighted by Gasteiger charge is 2.25. The van der Waals surface area contributed by atoms with Gasteiger partial charge in [0.2, 0.25) is 0 Å². The molecule has 29 heavy (non-hydrogen) atoms. The summed E-state index contributed by atoms with van der Waals surface area (Å²) in [5.41, 5.74) is 0. The Morgan fingerprint density at radius 1 is 1.14 bits per heavy atom. The fraction of sp³-hybridized carbons (Fsp3) is 0.545. The lowest BCUT2D eigenvalue weighted by Gasteiger charge is -2.24. The van der Waals surface area contributed by atoms with Crippen molar-refractivity contribution in [2.45, 2.75) is 38.6 Å². The zero-order valence-electron chi connectivity index (χ0n) is 17.4. The first-order valence-corrected chi connectivity index (χ1v) is 10.8. The number of unbranched alkanes of at least 4 members (excludes halogenated alkanes) is 1. The van der Waals surface area contributed by atoms with Gasteiger partial charge in [-0.05, 0) is 70.0 Å². The SMILES string of the molecule is CCNC(=NCC(c1ccco1)N1CCCC1)NCCCCNc1ccccn1. The molecule has 0 aliphatic carbocycles. The fourth-order valence-corrected chi connectivity index (χ4v) is 3.58. The summed E-state index contributed by atoms with van der Waals surface area (Å²) in [6.07, 6.45) is 8.22. The number of nitrogens with zero attached hydrogens (tertiary/aromatic N) is 3. The average Bonchev–Trinajstić information content (AvgIpc) is 3.46. The van der Waals surface area contributed by atoms with Crippen molar-refractivity contribution in [2.24, 2.45) is 4.99 Å². The summed E-state index contributed by atoms with van der Waals surface area (Å²) in [6.45, 7) is 7.69. The maximum atomic E-state index is 5.70. The van der Waals surface area contributed by atoms with E-state index in [0.29, 0.717) is 6.54 Å². The van der Waals surface area contributed by atoms with Crippen molar-refractivity contribution < 1.29 is 4.42 Å². The van der Waals surface area contributed by atoms with Crippen LogP contribution in [-0.4, -0.2) is 55.1 Å². The number of furan rings is 1. The molecule has 2 aromatic rings. The molecular formula is C22H34N6O. The Hall–Kier alpha value is -2.54. The third-order valence-corrected chi connectivity index (χ3v) is 5.09. The van der Waals surface area contributed by atoms with Crippen LogP contribution in [0.1, 0.15) is 44.4 Å². The second kappa shape index (κ2) is 12.1. The van der Waals surface area contributed by atoms with Crippen LogP contribution >= 0.6 is 0 Å². The molecule has 0 radical (unpaired) electrons.